The molecule has 1 spiro atoms. The summed E-state index contributed by atoms with van der Waals surface area (Å²) in [5.41, 5.74) is 6.83. The minimum Gasteiger partial charge on any atom is -0.330 e. The predicted molar refractivity (Wildman–Crippen MR) is 65.6 cm³/mol. The molecule has 4 heteroatoms. The Morgan fingerprint density at radius 1 is 1.22 bits per heavy atom. The summed E-state index contributed by atoms with van der Waals surface area (Å²) in [6.07, 6.45) is 6.65. The first-order valence-corrected chi connectivity index (χ1v) is 7.41. The molecule has 2 bridgehead atoms. The van der Waals surface area contributed by atoms with Crippen LogP contribution in [0, 0.1) is 17.3 Å². The van der Waals surface area contributed by atoms with E-state index in [0.29, 0.717) is 18.1 Å². The molecule has 4 fully saturated rings. The molecule has 1 aliphatic heterocycles. The molecule has 1 saturated heterocycles. The van der Waals surface area contributed by atoms with Crippen LogP contribution in [-0.4, -0.2) is 31.3 Å². The van der Waals surface area contributed by atoms with E-state index in [2.05, 4.69) is 0 Å². The second kappa shape index (κ2) is 3.92. The Kier molecular flexibility index (Phi) is 2.54. The molecule has 2 N–H and O–H groups in total. The van der Waals surface area contributed by atoms with Crippen LogP contribution in [0.4, 0.5) is 0 Å². The molecule has 1 heterocycles. The quantitative estimate of drug-likeness (QED) is 0.812. The van der Waals surface area contributed by atoms with Crippen LogP contribution in [0.25, 0.3) is 0 Å². The van der Waals surface area contributed by atoms with Gasteiger partial charge in [-0.15, -0.1) is 0 Å². The molecule has 7 atom stereocenters. The lowest BCUT2D eigenvalue weighted by atomic mass is 9.69. The fourth-order valence-electron chi connectivity index (χ4n) is 5.11. The lowest BCUT2D eigenvalue weighted by Crippen LogP contribution is -2.45. The minimum atomic E-state index is -0.433. The summed E-state index contributed by atoms with van der Waals surface area (Å²) >= 11 is 0. The lowest BCUT2D eigenvalue weighted by molar-refractivity contribution is -0.247. The Bertz CT molecular complexity index is 330. The Labute approximate surface area is 108 Å². The predicted octanol–water partition coefficient (Wildman–Crippen LogP) is 1.63. The number of fused-ring (bicyclic) bond motifs is 4. The third-order valence-electron chi connectivity index (χ3n) is 5.91. The van der Waals surface area contributed by atoms with Crippen LogP contribution in [0.5, 0.6) is 0 Å². The fourth-order valence-corrected chi connectivity index (χ4v) is 5.11. The maximum atomic E-state index is 6.51. The number of nitrogens with two attached hydrogens (primary N) is 1. The molecule has 0 amide bonds. The van der Waals surface area contributed by atoms with Gasteiger partial charge in [-0.05, 0) is 56.3 Å². The van der Waals surface area contributed by atoms with Crippen LogP contribution in [0.2, 0.25) is 0 Å². The van der Waals surface area contributed by atoms with E-state index >= 15 is 0 Å². The second-order valence-electron chi connectivity index (χ2n) is 6.53. The Balaban J connectivity index is 1.50. The van der Waals surface area contributed by atoms with Gasteiger partial charge in [-0.1, -0.05) is 0 Å². The molecule has 4 rings (SSSR count). The van der Waals surface area contributed by atoms with E-state index in [1.54, 1.807) is 0 Å². The topological polar surface area (TPSA) is 53.7 Å². The molecule has 0 aromatic carbocycles. The monoisotopic (exact) mass is 253 g/mol. The average molecular weight is 253 g/mol. The van der Waals surface area contributed by atoms with E-state index in [0.717, 1.165) is 24.7 Å². The van der Waals surface area contributed by atoms with Crippen molar-refractivity contribution in [3.8, 4) is 0 Å². The normalized spacial score (nSPS) is 57.7. The third kappa shape index (κ3) is 1.40. The standard InChI is InChI=1S/C14H23NO3/c1-2-16-13-17-10-6-14(7-11(10)18-13)9-4-3-8(5-9)12(14)15/h8-13H,2-7,15H2,1H3/t8-,9+,10-,11?,12+,13?,14?/m1/s1. The van der Waals surface area contributed by atoms with E-state index in [9.17, 15) is 0 Å². The highest BCUT2D eigenvalue weighted by atomic mass is 16.9. The first-order valence-electron chi connectivity index (χ1n) is 7.41. The summed E-state index contributed by atoms with van der Waals surface area (Å²) in [5.74, 6) is 1.58. The highest BCUT2D eigenvalue weighted by Crippen LogP contribution is 2.63. The second-order valence-corrected chi connectivity index (χ2v) is 6.53. The van der Waals surface area contributed by atoms with E-state index in [4.69, 9.17) is 19.9 Å². The van der Waals surface area contributed by atoms with E-state index in [1.165, 1.54) is 19.3 Å². The summed E-state index contributed by atoms with van der Waals surface area (Å²) < 4.78 is 17.1. The van der Waals surface area contributed by atoms with Crippen molar-refractivity contribution < 1.29 is 14.2 Å². The van der Waals surface area contributed by atoms with Crippen molar-refractivity contribution >= 4 is 0 Å². The van der Waals surface area contributed by atoms with Gasteiger partial charge >= 0.3 is 0 Å². The average Bonchev–Trinajstić information content (AvgIpc) is 3.02. The summed E-state index contributed by atoms with van der Waals surface area (Å²) in [7, 11) is 0. The molecule has 0 radical (unpaired) electrons. The first-order chi connectivity index (χ1) is 8.73. The maximum absolute atomic E-state index is 6.51. The van der Waals surface area contributed by atoms with Gasteiger partial charge in [0.25, 0.3) is 6.48 Å². The number of rotatable bonds is 2. The van der Waals surface area contributed by atoms with Gasteiger partial charge in [0.1, 0.15) is 0 Å². The first kappa shape index (κ1) is 11.6. The van der Waals surface area contributed by atoms with Crippen LogP contribution in [-0.2, 0) is 14.2 Å². The van der Waals surface area contributed by atoms with Gasteiger partial charge < -0.3 is 19.9 Å². The van der Waals surface area contributed by atoms with Crippen molar-refractivity contribution in [3.63, 3.8) is 0 Å². The van der Waals surface area contributed by atoms with Crippen molar-refractivity contribution in [2.24, 2.45) is 23.0 Å². The van der Waals surface area contributed by atoms with Crippen LogP contribution in [0.1, 0.15) is 39.0 Å². The zero-order valence-electron chi connectivity index (χ0n) is 11.0. The molecular weight excluding hydrogens is 230 g/mol. The zero-order chi connectivity index (χ0) is 12.3. The van der Waals surface area contributed by atoms with Crippen molar-refractivity contribution in [1.29, 1.82) is 0 Å². The largest absolute Gasteiger partial charge is 0.330 e. The smallest absolute Gasteiger partial charge is 0.272 e. The molecule has 3 saturated carbocycles. The number of hydrogen-bond donors (Lipinski definition) is 1. The van der Waals surface area contributed by atoms with Crippen molar-refractivity contribution in [3.05, 3.63) is 0 Å². The molecule has 102 valence electrons. The molecule has 3 unspecified atom stereocenters. The lowest BCUT2D eigenvalue weighted by Gasteiger charge is -2.40. The zero-order valence-corrected chi connectivity index (χ0v) is 11.0. The third-order valence-corrected chi connectivity index (χ3v) is 5.91. The molecule has 4 aliphatic rings. The summed E-state index contributed by atoms with van der Waals surface area (Å²) in [6.45, 7) is 2.17. The minimum absolute atomic E-state index is 0.215. The van der Waals surface area contributed by atoms with E-state index in [-0.39, 0.29) is 12.2 Å². The van der Waals surface area contributed by atoms with Crippen molar-refractivity contribution in [1.82, 2.24) is 0 Å². The summed E-state index contributed by atoms with van der Waals surface area (Å²) in [5, 5.41) is 0. The number of ether oxygens (including phenoxy) is 3. The van der Waals surface area contributed by atoms with E-state index < -0.39 is 6.48 Å². The van der Waals surface area contributed by atoms with Crippen LogP contribution >= 0.6 is 0 Å². The molecular formula is C14H23NO3. The Hall–Kier alpha value is -0.160. The van der Waals surface area contributed by atoms with Gasteiger partial charge in [0, 0.05) is 12.6 Å². The molecule has 3 aliphatic carbocycles. The molecule has 0 aromatic heterocycles. The summed E-state index contributed by atoms with van der Waals surface area (Å²) in [4.78, 5) is 0. The van der Waals surface area contributed by atoms with Crippen molar-refractivity contribution in [2.45, 2.75) is 63.8 Å². The molecule has 4 nitrogen and oxygen atoms in total. The van der Waals surface area contributed by atoms with Crippen LogP contribution in [0.3, 0.4) is 0 Å². The summed E-state index contributed by atoms with van der Waals surface area (Å²) in [6, 6.07) is 0.375. The van der Waals surface area contributed by atoms with Gasteiger partial charge in [-0.2, -0.15) is 0 Å². The van der Waals surface area contributed by atoms with Gasteiger partial charge in [0.05, 0.1) is 12.2 Å². The van der Waals surface area contributed by atoms with Gasteiger partial charge in [-0.25, -0.2) is 0 Å². The SMILES string of the molecule is CCOC1OC2CC3(C[C@H]2O1)[C@H]1CC[C@H](C1)[C@@H]3N. The van der Waals surface area contributed by atoms with Gasteiger partial charge in [-0.3, -0.25) is 0 Å². The highest BCUT2D eigenvalue weighted by molar-refractivity contribution is 5.14. The number of hydrogen-bond acceptors (Lipinski definition) is 4. The molecule has 0 aromatic rings. The Morgan fingerprint density at radius 3 is 2.50 bits per heavy atom. The highest BCUT2D eigenvalue weighted by Gasteiger charge is 2.63. The van der Waals surface area contributed by atoms with E-state index in [1.807, 2.05) is 6.92 Å². The van der Waals surface area contributed by atoms with Gasteiger partial charge in [0.2, 0.25) is 0 Å². The fraction of sp³-hybridized carbons (Fsp3) is 1.00. The maximum Gasteiger partial charge on any atom is 0.272 e. The van der Waals surface area contributed by atoms with Crippen LogP contribution < -0.4 is 5.73 Å². The molecule has 18 heavy (non-hydrogen) atoms. The van der Waals surface area contributed by atoms with Crippen molar-refractivity contribution in [2.75, 3.05) is 6.61 Å². The van der Waals surface area contributed by atoms with Crippen LogP contribution in [0.15, 0.2) is 0 Å². The van der Waals surface area contributed by atoms with Gasteiger partial charge in [0.15, 0.2) is 0 Å². The Morgan fingerprint density at radius 2 is 1.94 bits per heavy atom.